The normalized spacial score (nSPS) is 10.9. The summed E-state index contributed by atoms with van der Waals surface area (Å²) >= 11 is 7.33. The summed E-state index contributed by atoms with van der Waals surface area (Å²) in [5.41, 5.74) is 0. The molecule has 0 atom stereocenters. The van der Waals surface area contributed by atoms with Gasteiger partial charge >= 0.3 is 0 Å². The SMILES string of the molecule is Cc1cc2c(NCCCCCl)ncnc2s1. The Morgan fingerprint density at radius 1 is 1.38 bits per heavy atom. The van der Waals surface area contributed by atoms with E-state index in [2.05, 4.69) is 28.3 Å². The van der Waals surface area contributed by atoms with Gasteiger partial charge in [0, 0.05) is 17.3 Å². The topological polar surface area (TPSA) is 37.8 Å². The van der Waals surface area contributed by atoms with Gasteiger partial charge in [-0.05, 0) is 25.8 Å². The van der Waals surface area contributed by atoms with Gasteiger partial charge in [0.2, 0.25) is 0 Å². The maximum atomic E-state index is 5.63. The van der Waals surface area contributed by atoms with E-state index in [1.807, 2.05) is 0 Å². The second kappa shape index (κ2) is 5.46. The zero-order valence-corrected chi connectivity index (χ0v) is 10.7. The molecule has 16 heavy (non-hydrogen) atoms. The number of aryl methyl sites for hydroxylation is 1. The summed E-state index contributed by atoms with van der Waals surface area (Å²) in [6, 6.07) is 2.13. The van der Waals surface area contributed by atoms with E-state index in [1.165, 1.54) is 4.88 Å². The summed E-state index contributed by atoms with van der Waals surface area (Å²) in [7, 11) is 0. The molecule has 2 aromatic rings. The van der Waals surface area contributed by atoms with Crippen molar-refractivity contribution in [3.63, 3.8) is 0 Å². The van der Waals surface area contributed by atoms with E-state index in [4.69, 9.17) is 11.6 Å². The number of hydrogen-bond acceptors (Lipinski definition) is 4. The number of nitrogens with zero attached hydrogens (tertiary/aromatic N) is 2. The molecule has 0 unspecified atom stereocenters. The first-order valence-corrected chi connectivity index (χ1v) is 6.67. The zero-order valence-electron chi connectivity index (χ0n) is 9.16. The lowest BCUT2D eigenvalue weighted by Gasteiger charge is -2.04. The summed E-state index contributed by atoms with van der Waals surface area (Å²) in [6.07, 6.45) is 3.71. The van der Waals surface area contributed by atoms with Crippen LogP contribution in [0.15, 0.2) is 12.4 Å². The Morgan fingerprint density at radius 3 is 3.06 bits per heavy atom. The van der Waals surface area contributed by atoms with Crippen molar-refractivity contribution in [1.29, 1.82) is 0 Å². The molecular formula is C11H14ClN3S. The molecule has 0 aliphatic heterocycles. The number of unbranched alkanes of at least 4 members (excludes halogenated alkanes) is 1. The summed E-state index contributed by atoms with van der Waals surface area (Å²) in [5.74, 6) is 1.65. The monoisotopic (exact) mass is 255 g/mol. The third kappa shape index (κ3) is 2.62. The van der Waals surface area contributed by atoms with Crippen LogP contribution in [0, 0.1) is 6.92 Å². The molecule has 0 bridgehead atoms. The molecule has 0 aromatic carbocycles. The number of fused-ring (bicyclic) bond motifs is 1. The van der Waals surface area contributed by atoms with Crippen molar-refractivity contribution in [3.05, 3.63) is 17.3 Å². The number of halogens is 1. The van der Waals surface area contributed by atoms with Crippen molar-refractivity contribution in [3.8, 4) is 0 Å². The summed E-state index contributed by atoms with van der Waals surface area (Å²) in [6.45, 7) is 3.00. The predicted octanol–water partition coefficient (Wildman–Crippen LogP) is 3.43. The molecule has 0 aliphatic rings. The smallest absolute Gasteiger partial charge is 0.138 e. The van der Waals surface area contributed by atoms with Gasteiger partial charge in [0.1, 0.15) is 17.0 Å². The minimum atomic E-state index is 0.721. The summed E-state index contributed by atoms with van der Waals surface area (Å²) < 4.78 is 0. The van der Waals surface area contributed by atoms with Crippen LogP contribution < -0.4 is 5.32 Å². The van der Waals surface area contributed by atoms with E-state index in [-0.39, 0.29) is 0 Å². The lowest BCUT2D eigenvalue weighted by molar-refractivity contribution is 0.837. The van der Waals surface area contributed by atoms with Gasteiger partial charge in [-0.3, -0.25) is 0 Å². The molecule has 0 fully saturated rings. The molecule has 86 valence electrons. The van der Waals surface area contributed by atoms with Crippen molar-refractivity contribution in [2.45, 2.75) is 19.8 Å². The second-order valence-corrected chi connectivity index (χ2v) is 5.23. The molecule has 2 rings (SSSR count). The molecule has 2 heterocycles. The van der Waals surface area contributed by atoms with Crippen molar-refractivity contribution in [2.75, 3.05) is 17.7 Å². The van der Waals surface area contributed by atoms with Crippen LogP contribution in [0.1, 0.15) is 17.7 Å². The first kappa shape index (κ1) is 11.6. The molecule has 2 aromatic heterocycles. The number of alkyl halides is 1. The van der Waals surface area contributed by atoms with Crippen LogP contribution in [-0.2, 0) is 0 Å². The minimum absolute atomic E-state index is 0.721. The molecule has 0 spiro atoms. The fraction of sp³-hybridized carbons (Fsp3) is 0.455. The average molecular weight is 256 g/mol. The number of hydrogen-bond donors (Lipinski definition) is 1. The maximum Gasteiger partial charge on any atom is 0.138 e. The maximum absolute atomic E-state index is 5.63. The highest BCUT2D eigenvalue weighted by Crippen LogP contribution is 2.27. The lowest BCUT2D eigenvalue weighted by Crippen LogP contribution is -2.03. The van der Waals surface area contributed by atoms with Crippen molar-refractivity contribution < 1.29 is 0 Å². The van der Waals surface area contributed by atoms with Gasteiger partial charge in [0.05, 0.1) is 5.39 Å². The van der Waals surface area contributed by atoms with Gasteiger partial charge in [-0.1, -0.05) is 0 Å². The number of nitrogens with one attached hydrogen (secondary N) is 1. The van der Waals surface area contributed by atoms with Gasteiger partial charge in [-0.25, -0.2) is 9.97 Å². The van der Waals surface area contributed by atoms with Gasteiger partial charge in [-0.15, -0.1) is 22.9 Å². The van der Waals surface area contributed by atoms with Crippen LogP contribution in [-0.4, -0.2) is 22.4 Å². The first-order valence-electron chi connectivity index (χ1n) is 5.32. The van der Waals surface area contributed by atoms with E-state index >= 15 is 0 Å². The van der Waals surface area contributed by atoms with E-state index < -0.39 is 0 Å². The predicted molar refractivity (Wildman–Crippen MR) is 70.6 cm³/mol. The highest BCUT2D eigenvalue weighted by atomic mass is 35.5. The molecule has 3 nitrogen and oxygen atoms in total. The number of aromatic nitrogens is 2. The molecular weight excluding hydrogens is 242 g/mol. The quantitative estimate of drug-likeness (QED) is 0.657. The Hall–Kier alpha value is -0.870. The zero-order chi connectivity index (χ0) is 11.4. The van der Waals surface area contributed by atoms with E-state index in [0.717, 1.165) is 41.3 Å². The largest absolute Gasteiger partial charge is 0.369 e. The van der Waals surface area contributed by atoms with E-state index in [0.29, 0.717) is 0 Å². The Bertz CT molecular complexity index is 469. The highest BCUT2D eigenvalue weighted by Gasteiger charge is 2.05. The van der Waals surface area contributed by atoms with Crippen molar-refractivity contribution in [2.24, 2.45) is 0 Å². The van der Waals surface area contributed by atoms with Gasteiger partial charge in [-0.2, -0.15) is 0 Å². The van der Waals surface area contributed by atoms with Crippen LogP contribution in [0.25, 0.3) is 10.2 Å². The number of anilines is 1. The Balaban J connectivity index is 2.11. The van der Waals surface area contributed by atoms with Crippen LogP contribution in [0.5, 0.6) is 0 Å². The van der Waals surface area contributed by atoms with Gasteiger partial charge < -0.3 is 5.32 Å². The van der Waals surface area contributed by atoms with Crippen LogP contribution >= 0.6 is 22.9 Å². The highest BCUT2D eigenvalue weighted by molar-refractivity contribution is 7.18. The fourth-order valence-corrected chi connectivity index (χ4v) is 2.58. The fourth-order valence-electron chi connectivity index (χ4n) is 1.54. The third-order valence-corrected chi connectivity index (χ3v) is 3.53. The molecule has 0 saturated carbocycles. The molecule has 0 saturated heterocycles. The third-order valence-electron chi connectivity index (χ3n) is 2.31. The molecule has 1 N–H and O–H groups in total. The van der Waals surface area contributed by atoms with Crippen LogP contribution in [0.3, 0.4) is 0 Å². The molecule has 0 aliphatic carbocycles. The Kier molecular flexibility index (Phi) is 3.96. The molecule has 5 heteroatoms. The lowest BCUT2D eigenvalue weighted by atomic mass is 10.3. The molecule has 0 amide bonds. The average Bonchev–Trinajstić information content (AvgIpc) is 2.65. The molecule has 0 radical (unpaired) electrons. The Morgan fingerprint density at radius 2 is 2.25 bits per heavy atom. The van der Waals surface area contributed by atoms with Gasteiger partial charge in [0.15, 0.2) is 0 Å². The first-order chi connectivity index (χ1) is 7.81. The van der Waals surface area contributed by atoms with E-state index in [1.54, 1.807) is 17.7 Å². The summed E-state index contributed by atoms with van der Waals surface area (Å²) in [5, 5.41) is 4.45. The number of thiophene rings is 1. The van der Waals surface area contributed by atoms with Gasteiger partial charge in [0.25, 0.3) is 0 Å². The Labute approximate surface area is 104 Å². The summed E-state index contributed by atoms with van der Waals surface area (Å²) in [4.78, 5) is 10.8. The minimum Gasteiger partial charge on any atom is -0.369 e. The van der Waals surface area contributed by atoms with Crippen molar-refractivity contribution in [1.82, 2.24) is 9.97 Å². The van der Waals surface area contributed by atoms with Crippen LogP contribution in [0.2, 0.25) is 0 Å². The standard InChI is InChI=1S/C11H14ClN3S/c1-8-6-9-10(13-5-3-2-4-12)14-7-15-11(9)16-8/h6-7H,2-5H2,1H3,(H,13,14,15). The second-order valence-electron chi connectivity index (χ2n) is 3.62. The van der Waals surface area contributed by atoms with Crippen molar-refractivity contribution >= 4 is 39.0 Å². The number of rotatable bonds is 5. The van der Waals surface area contributed by atoms with Crippen LogP contribution in [0.4, 0.5) is 5.82 Å². The van der Waals surface area contributed by atoms with E-state index in [9.17, 15) is 0 Å².